The van der Waals surface area contributed by atoms with E-state index in [1.807, 2.05) is 0 Å². The summed E-state index contributed by atoms with van der Waals surface area (Å²) in [5.41, 5.74) is -0.364. The highest BCUT2D eigenvalue weighted by Crippen LogP contribution is 2.25. The van der Waals surface area contributed by atoms with Gasteiger partial charge in [0.25, 0.3) is 0 Å². The Hall–Kier alpha value is -1.62. The summed E-state index contributed by atoms with van der Waals surface area (Å²) in [7, 11) is 0. The molecule has 0 saturated carbocycles. The summed E-state index contributed by atoms with van der Waals surface area (Å²) in [5.74, 6) is 0.371. The first-order valence-corrected chi connectivity index (χ1v) is 9.66. The van der Waals surface area contributed by atoms with E-state index in [2.05, 4.69) is 34.9 Å². The second-order valence-corrected chi connectivity index (χ2v) is 7.56. The van der Waals surface area contributed by atoms with E-state index in [0.29, 0.717) is 19.8 Å². The van der Waals surface area contributed by atoms with E-state index in [1.54, 1.807) is 0 Å². The highest BCUT2D eigenvalue weighted by atomic mass is 16.5. The van der Waals surface area contributed by atoms with Crippen molar-refractivity contribution in [2.45, 2.75) is 56.9 Å². The van der Waals surface area contributed by atoms with Crippen LogP contribution in [-0.2, 0) is 14.3 Å². The molecule has 25 heavy (non-hydrogen) atoms. The Kier molecular flexibility index (Phi) is 6.29. The summed E-state index contributed by atoms with van der Waals surface area (Å²) in [6.07, 6.45) is 15.4. The van der Waals surface area contributed by atoms with Gasteiger partial charge in [-0.1, -0.05) is 24.3 Å². The number of hydrogen-bond donors (Lipinski definition) is 2. The Morgan fingerprint density at radius 1 is 0.920 bits per heavy atom. The van der Waals surface area contributed by atoms with Crippen LogP contribution in [0.25, 0.3) is 0 Å². The van der Waals surface area contributed by atoms with Gasteiger partial charge in [0.15, 0.2) is 0 Å². The van der Waals surface area contributed by atoms with Gasteiger partial charge in [-0.25, -0.2) is 0 Å². The molecule has 0 radical (unpaired) electrons. The van der Waals surface area contributed by atoms with Crippen LogP contribution in [0, 0.1) is 11.8 Å². The van der Waals surface area contributed by atoms with E-state index in [0.717, 1.165) is 51.4 Å². The van der Waals surface area contributed by atoms with Crippen LogP contribution >= 0.6 is 0 Å². The van der Waals surface area contributed by atoms with Crippen molar-refractivity contribution in [1.82, 2.24) is 10.6 Å². The SMILES string of the molecule is O=C(NCC1(NC(=O)[C@@H]2CC=CCC2)CCOCC1)[C@H]1CC=CCC1. The van der Waals surface area contributed by atoms with Gasteiger partial charge < -0.3 is 15.4 Å². The number of hydrogen-bond acceptors (Lipinski definition) is 3. The molecule has 0 bridgehead atoms. The fraction of sp³-hybridized carbons (Fsp3) is 0.700. The first kappa shape index (κ1) is 18.2. The molecule has 2 N–H and O–H groups in total. The lowest BCUT2D eigenvalue weighted by Gasteiger charge is -2.39. The molecule has 1 fully saturated rings. The number of carbonyl (C=O) groups excluding carboxylic acids is 2. The second-order valence-electron chi connectivity index (χ2n) is 7.56. The molecule has 2 aliphatic carbocycles. The molecule has 5 heteroatoms. The van der Waals surface area contributed by atoms with Crippen LogP contribution in [0.5, 0.6) is 0 Å². The number of ether oxygens (including phenoxy) is 1. The van der Waals surface area contributed by atoms with Crippen molar-refractivity contribution < 1.29 is 14.3 Å². The summed E-state index contributed by atoms with van der Waals surface area (Å²) in [6, 6.07) is 0. The van der Waals surface area contributed by atoms with Gasteiger partial charge in [-0.3, -0.25) is 9.59 Å². The van der Waals surface area contributed by atoms with Gasteiger partial charge in [-0.05, 0) is 51.4 Å². The van der Waals surface area contributed by atoms with Gasteiger partial charge in [0.2, 0.25) is 11.8 Å². The number of nitrogens with one attached hydrogen (secondary N) is 2. The van der Waals surface area contributed by atoms with Gasteiger partial charge in [-0.2, -0.15) is 0 Å². The summed E-state index contributed by atoms with van der Waals surface area (Å²) in [6.45, 7) is 1.77. The topological polar surface area (TPSA) is 67.4 Å². The Morgan fingerprint density at radius 2 is 1.52 bits per heavy atom. The zero-order valence-corrected chi connectivity index (χ0v) is 15.0. The molecule has 1 heterocycles. The molecule has 0 spiro atoms. The van der Waals surface area contributed by atoms with E-state index in [4.69, 9.17) is 4.74 Å². The average molecular weight is 346 g/mol. The normalized spacial score (nSPS) is 28.3. The lowest BCUT2D eigenvalue weighted by Crippen LogP contribution is -2.59. The van der Waals surface area contributed by atoms with E-state index in [1.165, 1.54) is 0 Å². The van der Waals surface area contributed by atoms with E-state index < -0.39 is 0 Å². The standard InChI is InChI=1S/C20H30N2O3/c23-18(16-7-3-1-4-8-16)21-15-20(11-13-25-14-12-20)22-19(24)17-9-5-2-6-10-17/h1-3,5,16-17H,4,6-15H2,(H,21,23)(H,22,24)/t16-,17+/m0/s1. The number of amides is 2. The molecule has 138 valence electrons. The molecule has 5 nitrogen and oxygen atoms in total. The monoisotopic (exact) mass is 346 g/mol. The lowest BCUT2D eigenvalue weighted by atomic mass is 9.86. The van der Waals surface area contributed by atoms with Crippen LogP contribution in [0.2, 0.25) is 0 Å². The summed E-state index contributed by atoms with van der Waals surface area (Å²) < 4.78 is 5.49. The molecule has 0 aromatic carbocycles. The third-order valence-electron chi connectivity index (χ3n) is 5.72. The number of carbonyl (C=O) groups is 2. The summed E-state index contributed by atoms with van der Waals surface area (Å²) in [5, 5.41) is 6.39. The molecule has 1 aliphatic heterocycles. The van der Waals surface area contributed by atoms with Gasteiger partial charge >= 0.3 is 0 Å². The Labute approximate surface area is 150 Å². The highest BCUT2D eigenvalue weighted by molar-refractivity contribution is 5.81. The molecule has 2 atom stereocenters. The summed E-state index contributed by atoms with van der Waals surface area (Å²) >= 11 is 0. The van der Waals surface area contributed by atoms with E-state index >= 15 is 0 Å². The van der Waals surface area contributed by atoms with Gasteiger partial charge in [0.1, 0.15) is 0 Å². The van der Waals surface area contributed by atoms with Crippen molar-refractivity contribution in [2.24, 2.45) is 11.8 Å². The molecular formula is C20H30N2O3. The average Bonchev–Trinajstić information content (AvgIpc) is 2.68. The zero-order valence-electron chi connectivity index (χ0n) is 15.0. The maximum atomic E-state index is 12.7. The van der Waals surface area contributed by atoms with Crippen LogP contribution in [0.3, 0.4) is 0 Å². The van der Waals surface area contributed by atoms with Crippen LogP contribution in [0.4, 0.5) is 0 Å². The third kappa shape index (κ3) is 4.94. The Morgan fingerprint density at radius 3 is 2.08 bits per heavy atom. The number of allylic oxidation sites excluding steroid dienone is 4. The molecule has 0 aromatic heterocycles. The molecule has 0 unspecified atom stereocenters. The van der Waals surface area contributed by atoms with Crippen molar-refractivity contribution in [3.05, 3.63) is 24.3 Å². The van der Waals surface area contributed by atoms with Crippen molar-refractivity contribution >= 4 is 11.8 Å². The van der Waals surface area contributed by atoms with Gasteiger partial charge in [0, 0.05) is 31.6 Å². The fourth-order valence-electron chi connectivity index (χ4n) is 3.94. The maximum absolute atomic E-state index is 12.7. The van der Waals surface area contributed by atoms with Gasteiger partial charge in [-0.15, -0.1) is 0 Å². The van der Waals surface area contributed by atoms with Crippen LogP contribution in [0.15, 0.2) is 24.3 Å². The predicted octanol–water partition coefficient (Wildman–Crippen LogP) is 2.48. The minimum Gasteiger partial charge on any atom is -0.381 e. The van der Waals surface area contributed by atoms with Crippen LogP contribution in [-0.4, -0.2) is 37.1 Å². The van der Waals surface area contributed by atoms with Gasteiger partial charge in [0.05, 0.1) is 5.54 Å². The largest absolute Gasteiger partial charge is 0.381 e. The lowest BCUT2D eigenvalue weighted by molar-refractivity contribution is -0.130. The summed E-state index contributed by atoms with van der Waals surface area (Å²) in [4.78, 5) is 25.2. The second kappa shape index (κ2) is 8.65. The quantitative estimate of drug-likeness (QED) is 0.752. The smallest absolute Gasteiger partial charge is 0.223 e. The van der Waals surface area contributed by atoms with E-state index in [9.17, 15) is 9.59 Å². The van der Waals surface area contributed by atoms with Crippen molar-refractivity contribution in [2.75, 3.05) is 19.8 Å². The number of rotatable bonds is 5. The highest BCUT2D eigenvalue weighted by Gasteiger charge is 2.36. The first-order valence-electron chi connectivity index (χ1n) is 9.66. The molecule has 0 aromatic rings. The first-order chi connectivity index (χ1) is 12.2. The zero-order chi connectivity index (χ0) is 17.5. The van der Waals surface area contributed by atoms with Crippen molar-refractivity contribution in [3.63, 3.8) is 0 Å². The molecule has 1 saturated heterocycles. The molecular weight excluding hydrogens is 316 g/mol. The van der Waals surface area contributed by atoms with Crippen molar-refractivity contribution in [1.29, 1.82) is 0 Å². The maximum Gasteiger partial charge on any atom is 0.223 e. The molecule has 2 amide bonds. The fourth-order valence-corrected chi connectivity index (χ4v) is 3.94. The predicted molar refractivity (Wildman–Crippen MR) is 96.9 cm³/mol. The Balaban J connectivity index is 1.58. The van der Waals surface area contributed by atoms with E-state index in [-0.39, 0.29) is 29.2 Å². The third-order valence-corrected chi connectivity index (χ3v) is 5.72. The Bertz CT molecular complexity index is 535. The van der Waals surface area contributed by atoms with Crippen LogP contribution < -0.4 is 10.6 Å². The minimum absolute atomic E-state index is 0.0592. The van der Waals surface area contributed by atoms with Crippen LogP contribution in [0.1, 0.15) is 51.4 Å². The molecule has 3 aliphatic rings. The molecule has 3 rings (SSSR count). The van der Waals surface area contributed by atoms with Crippen molar-refractivity contribution in [3.8, 4) is 0 Å². The minimum atomic E-state index is -0.364.